The predicted molar refractivity (Wildman–Crippen MR) is 145 cm³/mol. The van der Waals surface area contributed by atoms with Gasteiger partial charge in [-0.25, -0.2) is 0 Å². The quantitative estimate of drug-likeness (QED) is 0.148. The maximum absolute atomic E-state index is 6.36. The molecular formula is C31H60O2. The van der Waals surface area contributed by atoms with Gasteiger partial charge in [0.1, 0.15) is 0 Å². The van der Waals surface area contributed by atoms with Gasteiger partial charge in [0, 0.05) is 5.92 Å². The Morgan fingerprint density at radius 1 is 0.727 bits per heavy atom. The Balaban J connectivity index is 2.19. The van der Waals surface area contributed by atoms with Crippen molar-refractivity contribution in [3.05, 3.63) is 12.2 Å². The largest absolute Gasteiger partial charge is 0.352 e. The molecule has 0 aliphatic carbocycles. The van der Waals surface area contributed by atoms with Crippen LogP contribution in [-0.4, -0.2) is 19.0 Å². The molecule has 1 rings (SSSR count). The molecule has 0 bridgehead atoms. The van der Waals surface area contributed by atoms with Gasteiger partial charge in [0.15, 0.2) is 6.29 Å². The van der Waals surface area contributed by atoms with Crippen LogP contribution in [0.2, 0.25) is 0 Å². The van der Waals surface area contributed by atoms with Gasteiger partial charge in [0.2, 0.25) is 0 Å². The molecule has 0 radical (unpaired) electrons. The summed E-state index contributed by atoms with van der Waals surface area (Å²) in [5, 5.41) is 0. The Hall–Kier alpha value is -0.340. The summed E-state index contributed by atoms with van der Waals surface area (Å²) < 4.78 is 12.7. The predicted octanol–water partition coefficient (Wildman–Crippen LogP) is 9.82. The average molecular weight is 465 g/mol. The molecule has 1 aliphatic rings. The van der Waals surface area contributed by atoms with Crippen LogP contribution in [0.3, 0.4) is 0 Å². The van der Waals surface area contributed by atoms with E-state index in [-0.39, 0.29) is 6.29 Å². The van der Waals surface area contributed by atoms with E-state index in [2.05, 4.69) is 67.5 Å². The van der Waals surface area contributed by atoms with Crippen LogP contribution in [0.5, 0.6) is 0 Å². The van der Waals surface area contributed by atoms with Gasteiger partial charge in [-0.05, 0) is 55.3 Å². The van der Waals surface area contributed by atoms with E-state index in [9.17, 15) is 0 Å². The second-order valence-electron chi connectivity index (χ2n) is 11.5. The van der Waals surface area contributed by atoms with Gasteiger partial charge in [0.05, 0.1) is 12.7 Å². The summed E-state index contributed by atoms with van der Waals surface area (Å²) in [6, 6.07) is 0. The molecule has 0 aromatic heterocycles. The summed E-state index contributed by atoms with van der Waals surface area (Å²) in [5.74, 6) is 3.62. The monoisotopic (exact) mass is 464 g/mol. The summed E-state index contributed by atoms with van der Waals surface area (Å²) in [7, 11) is 0. The first-order valence-electron chi connectivity index (χ1n) is 14.7. The second-order valence-corrected chi connectivity index (χ2v) is 11.5. The highest BCUT2D eigenvalue weighted by atomic mass is 16.7. The molecule has 1 fully saturated rings. The molecule has 0 aromatic rings. The molecule has 0 saturated carbocycles. The number of ether oxygens (including phenoxy) is 2. The second kappa shape index (κ2) is 18.0. The standard InChI is InChI=1S/C31H60O2/c1-9-11-12-13-14-15-16-17-18-19-20-21-22-24(3)26(5)25(4)23-32-31-29(8)27(6)28(7)30(10-2)33-31/h20-21,24-31H,9-19,22-23H2,1-8H3/b21-20+/t24-,25+,26-,27?,28?,29?,30?,31?/m1/s1. The van der Waals surface area contributed by atoms with Crippen molar-refractivity contribution >= 4 is 0 Å². The zero-order valence-electron chi connectivity index (χ0n) is 23.8. The van der Waals surface area contributed by atoms with Crippen LogP contribution < -0.4 is 0 Å². The maximum atomic E-state index is 6.36. The maximum Gasteiger partial charge on any atom is 0.160 e. The minimum absolute atomic E-state index is 0.0395. The van der Waals surface area contributed by atoms with E-state index < -0.39 is 0 Å². The molecular weight excluding hydrogens is 404 g/mol. The van der Waals surface area contributed by atoms with Gasteiger partial charge < -0.3 is 9.47 Å². The fraction of sp³-hybridized carbons (Fsp3) is 0.935. The van der Waals surface area contributed by atoms with E-state index >= 15 is 0 Å². The molecule has 196 valence electrons. The van der Waals surface area contributed by atoms with Crippen LogP contribution >= 0.6 is 0 Å². The number of allylic oxidation sites excluding steroid dienone is 2. The molecule has 0 spiro atoms. The molecule has 0 amide bonds. The Kier molecular flexibility index (Phi) is 16.7. The highest BCUT2D eigenvalue weighted by Gasteiger charge is 2.39. The molecule has 0 N–H and O–H groups in total. The van der Waals surface area contributed by atoms with Gasteiger partial charge in [-0.3, -0.25) is 0 Å². The first-order chi connectivity index (χ1) is 15.8. The molecule has 33 heavy (non-hydrogen) atoms. The third-order valence-electron chi connectivity index (χ3n) is 8.85. The SMILES string of the molecule is CCCCCCCCCCC/C=C/C[C@@H](C)[C@@H](C)[C@@H](C)COC1OC(CC)C(C)C(C)C1C. The summed E-state index contributed by atoms with van der Waals surface area (Å²) in [6.45, 7) is 19.5. The van der Waals surface area contributed by atoms with Crippen molar-refractivity contribution < 1.29 is 9.47 Å². The lowest BCUT2D eigenvalue weighted by Crippen LogP contribution is -2.46. The summed E-state index contributed by atoms with van der Waals surface area (Å²) >= 11 is 0. The molecule has 5 unspecified atom stereocenters. The van der Waals surface area contributed by atoms with Gasteiger partial charge in [-0.15, -0.1) is 0 Å². The van der Waals surface area contributed by atoms with Crippen LogP contribution in [0.25, 0.3) is 0 Å². The van der Waals surface area contributed by atoms with E-state index in [1.54, 1.807) is 0 Å². The number of hydrogen-bond donors (Lipinski definition) is 0. The lowest BCUT2D eigenvalue weighted by atomic mass is 9.78. The topological polar surface area (TPSA) is 18.5 Å². The Bertz CT molecular complexity index is 485. The Morgan fingerprint density at radius 3 is 1.94 bits per heavy atom. The normalized spacial score (nSPS) is 28.8. The van der Waals surface area contributed by atoms with E-state index in [0.717, 1.165) is 13.0 Å². The molecule has 2 nitrogen and oxygen atoms in total. The third-order valence-corrected chi connectivity index (χ3v) is 8.85. The summed E-state index contributed by atoms with van der Waals surface area (Å²) in [5.41, 5.74) is 0. The van der Waals surface area contributed by atoms with Crippen molar-refractivity contribution in [1.29, 1.82) is 0 Å². The average Bonchev–Trinajstić information content (AvgIpc) is 2.82. The lowest BCUT2D eigenvalue weighted by molar-refractivity contribution is -0.252. The van der Waals surface area contributed by atoms with Crippen LogP contribution in [0.4, 0.5) is 0 Å². The Labute approximate surface area is 208 Å². The molecule has 2 heteroatoms. The van der Waals surface area contributed by atoms with Crippen molar-refractivity contribution in [2.45, 2.75) is 145 Å². The summed E-state index contributed by atoms with van der Waals surface area (Å²) in [6.07, 6.45) is 21.4. The first kappa shape index (κ1) is 30.7. The lowest BCUT2D eigenvalue weighted by Gasteiger charge is -2.43. The molecule has 1 saturated heterocycles. The van der Waals surface area contributed by atoms with Gasteiger partial charge in [-0.1, -0.05) is 119 Å². The smallest absolute Gasteiger partial charge is 0.160 e. The number of hydrogen-bond acceptors (Lipinski definition) is 2. The zero-order chi connectivity index (χ0) is 24.6. The van der Waals surface area contributed by atoms with Crippen LogP contribution in [-0.2, 0) is 9.47 Å². The zero-order valence-corrected chi connectivity index (χ0v) is 23.8. The fourth-order valence-corrected chi connectivity index (χ4v) is 5.32. The molecule has 1 heterocycles. The minimum Gasteiger partial charge on any atom is -0.352 e. The van der Waals surface area contributed by atoms with Gasteiger partial charge in [0.25, 0.3) is 0 Å². The van der Waals surface area contributed by atoms with Crippen LogP contribution in [0, 0.1) is 35.5 Å². The van der Waals surface area contributed by atoms with Crippen molar-refractivity contribution in [2.24, 2.45) is 35.5 Å². The summed E-state index contributed by atoms with van der Waals surface area (Å²) in [4.78, 5) is 0. The van der Waals surface area contributed by atoms with Crippen molar-refractivity contribution in [1.82, 2.24) is 0 Å². The van der Waals surface area contributed by atoms with Gasteiger partial charge >= 0.3 is 0 Å². The highest BCUT2D eigenvalue weighted by molar-refractivity contribution is 4.85. The van der Waals surface area contributed by atoms with E-state index in [1.165, 1.54) is 70.6 Å². The minimum atomic E-state index is -0.0395. The molecule has 0 aromatic carbocycles. The van der Waals surface area contributed by atoms with E-state index in [4.69, 9.17) is 9.47 Å². The number of unbranched alkanes of at least 4 members (excludes halogenated alkanes) is 9. The molecule has 8 atom stereocenters. The van der Waals surface area contributed by atoms with Crippen LogP contribution in [0.15, 0.2) is 12.2 Å². The Morgan fingerprint density at radius 2 is 1.33 bits per heavy atom. The van der Waals surface area contributed by atoms with E-state index in [1.807, 2.05) is 0 Å². The van der Waals surface area contributed by atoms with E-state index in [0.29, 0.717) is 41.6 Å². The van der Waals surface area contributed by atoms with Crippen molar-refractivity contribution in [3.8, 4) is 0 Å². The fourth-order valence-electron chi connectivity index (χ4n) is 5.32. The van der Waals surface area contributed by atoms with Crippen molar-refractivity contribution in [3.63, 3.8) is 0 Å². The number of rotatable bonds is 18. The van der Waals surface area contributed by atoms with Gasteiger partial charge in [-0.2, -0.15) is 0 Å². The first-order valence-corrected chi connectivity index (χ1v) is 14.7. The highest BCUT2D eigenvalue weighted by Crippen LogP contribution is 2.37. The third kappa shape index (κ3) is 11.8. The molecule has 1 aliphatic heterocycles. The van der Waals surface area contributed by atoms with Crippen molar-refractivity contribution in [2.75, 3.05) is 6.61 Å². The van der Waals surface area contributed by atoms with Crippen LogP contribution in [0.1, 0.15) is 132 Å².